The molecule has 0 unspecified atom stereocenters. The van der Waals surface area contributed by atoms with Crippen molar-refractivity contribution < 1.29 is 9.59 Å². The fraction of sp³-hybridized carbons (Fsp3) is 0.227. The minimum atomic E-state index is -0.203. The third kappa shape index (κ3) is 4.81. The van der Waals surface area contributed by atoms with Crippen molar-refractivity contribution in [3.63, 3.8) is 0 Å². The van der Waals surface area contributed by atoms with E-state index in [1.807, 2.05) is 42.5 Å². The van der Waals surface area contributed by atoms with Gasteiger partial charge in [-0.2, -0.15) is 0 Å². The maximum atomic E-state index is 12.5. The van der Waals surface area contributed by atoms with Crippen LogP contribution in [-0.2, 0) is 19.5 Å². The van der Waals surface area contributed by atoms with Gasteiger partial charge in [-0.15, -0.1) is 0 Å². The quantitative estimate of drug-likeness (QED) is 0.607. The lowest BCUT2D eigenvalue weighted by Crippen LogP contribution is -2.30. The van der Waals surface area contributed by atoms with Gasteiger partial charge in [-0.05, 0) is 29.5 Å². The molecule has 2 aromatic carbocycles. The lowest BCUT2D eigenvalue weighted by Gasteiger charge is -2.14. The Morgan fingerprint density at radius 1 is 1.00 bits per heavy atom. The molecule has 1 aromatic heterocycles. The number of benzene rings is 2. The second-order valence-corrected chi connectivity index (χ2v) is 7.96. The lowest BCUT2D eigenvalue weighted by atomic mass is 10.1. The molecule has 2 N–H and O–H groups in total. The zero-order chi connectivity index (χ0) is 20.1. The summed E-state index contributed by atoms with van der Waals surface area (Å²) in [6.07, 6.45) is 3.29. The number of anilines is 1. The van der Waals surface area contributed by atoms with Crippen LogP contribution in [0.5, 0.6) is 0 Å². The van der Waals surface area contributed by atoms with Gasteiger partial charge in [0.1, 0.15) is 4.88 Å². The number of hydrogen-bond acceptors (Lipinski definition) is 4. The summed E-state index contributed by atoms with van der Waals surface area (Å²) in [5.41, 5.74) is 3.59. The molecule has 0 fully saturated rings. The number of hydrogen-bond donors (Lipinski definition) is 2. The third-order valence-electron chi connectivity index (χ3n) is 4.84. The van der Waals surface area contributed by atoms with Crippen molar-refractivity contribution in [3.05, 3.63) is 82.4 Å². The highest BCUT2D eigenvalue weighted by Gasteiger charge is 2.23. The van der Waals surface area contributed by atoms with E-state index in [0.717, 1.165) is 24.0 Å². The molecule has 2 heterocycles. The van der Waals surface area contributed by atoms with E-state index in [0.29, 0.717) is 29.6 Å². The molecule has 0 spiro atoms. The summed E-state index contributed by atoms with van der Waals surface area (Å²) in [5, 5.41) is 6.14. The highest BCUT2D eigenvalue weighted by Crippen LogP contribution is 2.24. The van der Waals surface area contributed by atoms with Crippen LogP contribution in [0.15, 0.2) is 60.8 Å². The Balaban J connectivity index is 1.24. The Morgan fingerprint density at radius 2 is 1.69 bits per heavy atom. The van der Waals surface area contributed by atoms with Crippen molar-refractivity contribution in [2.45, 2.75) is 25.9 Å². The zero-order valence-electron chi connectivity index (χ0n) is 15.9. The molecular formula is C22H22N4O2S. The molecule has 0 radical (unpaired) electrons. The maximum absolute atomic E-state index is 12.5. The van der Waals surface area contributed by atoms with Crippen LogP contribution < -0.4 is 10.6 Å². The van der Waals surface area contributed by atoms with Gasteiger partial charge in [-0.25, -0.2) is 9.78 Å². The summed E-state index contributed by atoms with van der Waals surface area (Å²) in [7, 11) is 0. The molecule has 0 aliphatic carbocycles. The molecule has 148 valence electrons. The van der Waals surface area contributed by atoms with Crippen LogP contribution >= 0.6 is 11.3 Å². The second kappa shape index (κ2) is 8.87. The third-order valence-corrected chi connectivity index (χ3v) is 5.75. The van der Waals surface area contributed by atoms with Crippen molar-refractivity contribution in [3.8, 4) is 0 Å². The molecule has 1 aliphatic heterocycles. The van der Waals surface area contributed by atoms with E-state index in [4.69, 9.17) is 0 Å². The number of nitrogens with one attached hydrogen (secondary N) is 2. The average Bonchev–Trinajstić information content (AvgIpc) is 3.39. The summed E-state index contributed by atoms with van der Waals surface area (Å²) in [6.45, 7) is 1.77. The predicted octanol–water partition coefficient (Wildman–Crippen LogP) is 4.05. The predicted molar refractivity (Wildman–Crippen MR) is 114 cm³/mol. The molecule has 7 heteroatoms. The number of urea groups is 1. The van der Waals surface area contributed by atoms with Crippen LogP contribution in [0.3, 0.4) is 0 Å². The normalized spacial score (nSPS) is 12.5. The first-order valence-electron chi connectivity index (χ1n) is 9.60. The summed E-state index contributed by atoms with van der Waals surface area (Å²) in [4.78, 5) is 31.2. The standard InChI is InChI=1S/C22H22N4O2S/c27-20(23-12-6-9-16-7-2-1-3-8-16)19-13-24-21(29-19)25-22(28)26-14-17-10-4-5-11-18(17)15-26/h1-5,7-8,10-11,13H,6,9,12,14-15H2,(H,23,27)(H,24,25,28). The van der Waals surface area contributed by atoms with Crippen molar-refractivity contribution in [1.29, 1.82) is 0 Å². The molecule has 0 saturated carbocycles. The van der Waals surface area contributed by atoms with Crippen molar-refractivity contribution >= 4 is 28.4 Å². The van der Waals surface area contributed by atoms with Gasteiger partial charge in [0.05, 0.1) is 6.20 Å². The fourth-order valence-electron chi connectivity index (χ4n) is 3.31. The zero-order valence-corrected chi connectivity index (χ0v) is 16.7. The molecule has 29 heavy (non-hydrogen) atoms. The number of aryl methyl sites for hydroxylation is 1. The van der Waals surface area contributed by atoms with E-state index in [1.54, 1.807) is 4.90 Å². The van der Waals surface area contributed by atoms with Crippen molar-refractivity contribution in [2.24, 2.45) is 0 Å². The largest absolute Gasteiger partial charge is 0.351 e. The number of thiazole rings is 1. The number of carbonyl (C=O) groups is 2. The molecule has 3 aromatic rings. The minimum absolute atomic E-state index is 0.162. The number of nitrogens with zero attached hydrogens (tertiary/aromatic N) is 2. The SMILES string of the molecule is O=C(NCCCc1ccccc1)c1cnc(NC(=O)N2Cc3ccccc3C2)s1. The van der Waals surface area contributed by atoms with Gasteiger partial charge in [0.2, 0.25) is 0 Å². The van der Waals surface area contributed by atoms with Crippen LogP contribution in [0.2, 0.25) is 0 Å². The van der Waals surface area contributed by atoms with E-state index in [9.17, 15) is 9.59 Å². The second-order valence-electron chi connectivity index (χ2n) is 6.93. The summed E-state index contributed by atoms with van der Waals surface area (Å²) >= 11 is 1.18. The van der Waals surface area contributed by atoms with Crippen LogP contribution in [-0.4, -0.2) is 28.4 Å². The maximum Gasteiger partial charge on any atom is 0.324 e. The molecule has 4 rings (SSSR count). The molecule has 3 amide bonds. The van der Waals surface area contributed by atoms with Crippen LogP contribution in [0.25, 0.3) is 0 Å². The minimum Gasteiger partial charge on any atom is -0.351 e. The summed E-state index contributed by atoms with van der Waals surface area (Å²) in [5.74, 6) is -0.162. The van der Waals surface area contributed by atoms with Crippen LogP contribution in [0, 0.1) is 0 Å². The van der Waals surface area contributed by atoms with Gasteiger partial charge in [0.25, 0.3) is 5.91 Å². The molecule has 0 atom stereocenters. The molecule has 0 bridgehead atoms. The summed E-state index contributed by atoms with van der Waals surface area (Å²) < 4.78 is 0. The average molecular weight is 407 g/mol. The lowest BCUT2D eigenvalue weighted by molar-refractivity contribution is 0.0957. The first kappa shape index (κ1) is 19.1. The van der Waals surface area contributed by atoms with E-state index in [1.165, 1.54) is 23.1 Å². The topological polar surface area (TPSA) is 74.3 Å². The Morgan fingerprint density at radius 3 is 2.41 bits per heavy atom. The fourth-order valence-corrected chi connectivity index (χ4v) is 4.03. The van der Waals surface area contributed by atoms with Gasteiger partial charge in [-0.1, -0.05) is 65.9 Å². The van der Waals surface area contributed by atoms with Gasteiger partial charge < -0.3 is 10.2 Å². The number of amides is 3. The number of carbonyl (C=O) groups excluding carboxylic acids is 2. The monoisotopic (exact) mass is 406 g/mol. The van der Waals surface area contributed by atoms with Crippen LogP contribution in [0.4, 0.5) is 9.93 Å². The Kier molecular flexibility index (Phi) is 5.86. The Bertz CT molecular complexity index is 978. The Labute approximate surface area is 173 Å². The highest BCUT2D eigenvalue weighted by molar-refractivity contribution is 7.17. The van der Waals surface area contributed by atoms with Gasteiger partial charge in [0.15, 0.2) is 5.13 Å². The van der Waals surface area contributed by atoms with Crippen molar-refractivity contribution in [2.75, 3.05) is 11.9 Å². The number of fused-ring (bicyclic) bond motifs is 1. The van der Waals surface area contributed by atoms with Crippen molar-refractivity contribution in [1.82, 2.24) is 15.2 Å². The first-order chi connectivity index (χ1) is 14.2. The number of aromatic nitrogens is 1. The molecule has 1 aliphatic rings. The number of rotatable bonds is 6. The van der Waals surface area contributed by atoms with Gasteiger partial charge >= 0.3 is 6.03 Å². The van der Waals surface area contributed by atoms with Crippen LogP contribution in [0.1, 0.15) is 32.8 Å². The first-order valence-corrected chi connectivity index (χ1v) is 10.4. The highest BCUT2D eigenvalue weighted by atomic mass is 32.1. The van der Waals surface area contributed by atoms with E-state index in [2.05, 4.69) is 27.8 Å². The van der Waals surface area contributed by atoms with Gasteiger partial charge in [0, 0.05) is 19.6 Å². The molecular weight excluding hydrogens is 384 g/mol. The summed E-state index contributed by atoms with van der Waals surface area (Å²) in [6, 6.07) is 18.0. The van der Waals surface area contributed by atoms with Gasteiger partial charge in [-0.3, -0.25) is 10.1 Å². The van der Waals surface area contributed by atoms with E-state index < -0.39 is 0 Å². The smallest absolute Gasteiger partial charge is 0.324 e. The van der Waals surface area contributed by atoms with E-state index in [-0.39, 0.29) is 11.9 Å². The molecule has 6 nitrogen and oxygen atoms in total. The molecule has 0 saturated heterocycles. The Hall–Kier alpha value is -3.19. The van der Waals surface area contributed by atoms with E-state index >= 15 is 0 Å².